The van der Waals surface area contributed by atoms with E-state index in [4.69, 9.17) is 0 Å². The highest BCUT2D eigenvalue weighted by Crippen LogP contribution is 2.24. The average Bonchev–Trinajstić information content (AvgIpc) is 2.79. The average molecular weight is 331 g/mol. The number of para-hydroxylation sites is 1. The molecular formula is C18H25N3O3. The van der Waals surface area contributed by atoms with E-state index in [0.717, 1.165) is 34.6 Å². The second-order valence-electron chi connectivity index (χ2n) is 6.21. The Morgan fingerprint density at radius 2 is 1.75 bits per heavy atom. The predicted molar refractivity (Wildman–Crippen MR) is 92.8 cm³/mol. The lowest BCUT2D eigenvalue weighted by atomic mass is 9.99. The van der Waals surface area contributed by atoms with Crippen molar-refractivity contribution in [3.63, 3.8) is 0 Å². The second kappa shape index (κ2) is 7.03. The lowest BCUT2D eigenvalue weighted by Gasteiger charge is -2.19. The van der Waals surface area contributed by atoms with Gasteiger partial charge >= 0.3 is 6.03 Å². The molecule has 0 spiro atoms. The van der Waals surface area contributed by atoms with Gasteiger partial charge in [-0.3, -0.25) is 14.5 Å². The van der Waals surface area contributed by atoms with Crippen LogP contribution in [0.3, 0.4) is 0 Å². The molecular weight excluding hydrogens is 306 g/mol. The Hall–Kier alpha value is -2.37. The van der Waals surface area contributed by atoms with Crippen LogP contribution in [0, 0.1) is 0 Å². The van der Waals surface area contributed by atoms with Gasteiger partial charge in [-0.2, -0.15) is 0 Å². The maximum absolute atomic E-state index is 12.4. The largest absolute Gasteiger partial charge is 0.325 e. The number of amides is 4. The summed E-state index contributed by atoms with van der Waals surface area (Å²) in [6.45, 7) is 7.27. The number of hydrogen-bond donors (Lipinski definition) is 2. The van der Waals surface area contributed by atoms with Crippen molar-refractivity contribution < 1.29 is 14.4 Å². The third-order valence-electron chi connectivity index (χ3n) is 4.62. The number of carbonyl (C=O) groups is 3. The van der Waals surface area contributed by atoms with Gasteiger partial charge in [0, 0.05) is 5.69 Å². The van der Waals surface area contributed by atoms with Gasteiger partial charge in [-0.15, -0.1) is 0 Å². The smallest absolute Gasteiger partial charge is 0.324 e. The molecule has 1 aliphatic heterocycles. The Morgan fingerprint density at radius 3 is 2.21 bits per heavy atom. The van der Waals surface area contributed by atoms with Crippen molar-refractivity contribution in [3.8, 4) is 0 Å². The summed E-state index contributed by atoms with van der Waals surface area (Å²) in [4.78, 5) is 37.8. The summed E-state index contributed by atoms with van der Waals surface area (Å²) in [5.41, 5.74) is 1.95. The Bertz CT molecular complexity index is 649. The Labute approximate surface area is 142 Å². The van der Waals surface area contributed by atoms with E-state index < -0.39 is 11.6 Å². The molecule has 1 heterocycles. The van der Waals surface area contributed by atoms with Gasteiger partial charge in [-0.1, -0.05) is 39.0 Å². The van der Waals surface area contributed by atoms with Gasteiger partial charge in [0.25, 0.3) is 5.91 Å². The highest BCUT2D eigenvalue weighted by molar-refractivity contribution is 6.10. The SMILES string of the molecule is CCc1cccc(CC)c1NC(=O)CN1C(=O)N[C@@](C)(CC)C1=O. The first-order valence-corrected chi connectivity index (χ1v) is 8.41. The van der Waals surface area contributed by atoms with Crippen molar-refractivity contribution in [3.05, 3.63) is 29.3 Å². The van der Waals surface area contributed by atoms with Crippen LogP contribution in [0.5, 0.6) is 0 Å². The molecule has 4 amide bonds. The Morgan fingerprint density at radius 1 is 1.17 bits per heavy atom. The summed E-state index contributed by atoms with van der Waals surface area (Å²) in [7, 11) is 0. The van der Waals surface area contributed by atoms with Gasteiger partial charge in [0.15, 0.2) is 0 Å². The molecule has 130 valence electrons. The standard InChI is InChI=1S/C18H25N3O3/c1-5-12-9-8-10-13(6-2)15(12)19-14(22)11-21-16(23)18(4,7-3)20-17(21)24/h8-10H,5-7,11H2,1-4H3,(H,19,22)(H,20,24)/t18-/m0/s1. The summed E-state index contributed by atoms with van der Waals surface area (Å²) in [5, 5.41) is 5.53. The number of anilines is 1. The number of carbonyl (C=O) groups excluding carboxylic acids is 3. The van der Waals surface area contributed by atoms with Crippen LogP contribution in [0.4, 0.5) is 10.5 Å². The molecule has 1 aliphatic rings. The van der Waals surface area contributed by atoms with Crippen LogP contribution in [0.15, 0.2) is 18.2 Å². The molecule has 24 heavy (non-hydrogen) atoms. The molecule has 1 saturated heterocycles. The van der Waals surface area contributed by atoms with Crippen LogP contribution < -0.4 is 10.6 Å². The minimum atomic E-state index is -0.923. The van der Waals surface area contributed by atoms with E-state index in [1.807, 2.05) is 39.0 Å². The van der Waals surface area contributed by atoms with Crippen molar-refractivity contribution in [2.45, 2.75) is 52.5 Å². The summed E-state index contributed by atoms with van der Waals surface area (Å²) >= 11 is 0. The van der Waals surface area contributed by atoms with Gasteiger partial charge in [-0.25, -0.2) is 4.79 Å². The first kappa shape index (κ1) is 18.0. The fraction of sp³-hybridized carbons (Fsp3) is 0.500. The third kappa shape index (κ3) is 3.27. The molecule has 2 N–H and O–H groups in total. The van der Waals surface area contributed by atoms with E-state index in [1.165, 1.54) is 0 Å². The molecule has 0 saturated carbocycles. The topological polar surface area (TPSA) is 78.5 Å². The van der Waals surface area contributed by atoms with Crippen LogP contribution in [0.1, 0.15) is 45.2 Å². The molecule has 0 unspecified atom stereocenters. The van der Waals surface area contributed by atoms with Gasteiger partial charge in [0.2, 0.25) is 5.91 Å². The fourth-order valence-electron chi connectivity index (χ4n) is 2.86. The maximum Gasteiger partial charge on any atom is 0.325 e. The first-order chi connectivity index (χ1) is 11.4. The number of nitrogens with one attached hydrogen (secondary N) is 2. The van der Waals surface area contributed by atoms with Gasteiger partial charge in [-0.05, 0) is 37.3 Å². The van der Waals surface area contributed by atoms with Crippen LogP contribution in [0.25, 0.3) is 0 Å². The number of rotatable bonds is 6. The second-order valence-corrected chi connectivity index (χ2v) is 6.21. The summed E-state index contributed by atoms with van der Waals surface area (Å²) in [6, 6.07) is 5.39. The quantitative estimate of drug-likeness (QED) is 0.786. The summed E-state index contributed by atoms with van der Waals surface area (Å²) in [6.07, 6.45) is 2.06. The van der Waals surface area contributed by atoms with E-state index in [0.29, 0.717) is 6.42 Å². The van der Waals surface area contributed by atoms with Crippen LogP contribution >= 0.6 is 0 Å². The Kier molecular flexibility index (Phi) is 5.26. The maximum atomic E-state index is 12.4. The fourth-order valence-corrected chi connectivity index (χ4v) is 2.86. The zero-order valence-electron chi connectivity index (χ0n) is 14.7. The highest BCUT2D eigenvalue weighted by Gasteiger charge is 2.46. The predicted octanol–water partition coefficient (Wildman–Crippen LogP) is 2.47. The van der Waals surface area contributed by atoms with Crippen LogP contribution in [0.2, 0.25) is 0 Å². The molecule has 1 aromatic carbocycles. The molecule has 0 bridgehead atoms. The summed E-state index contributed by atoms with van der Waals surface area (Å²) < 4.78 is 0. The minimum absolute atomic E-state index is 0.276. The molecule has 1 atom stereocenters. The number of benzene rings is 1. The van der Waals surface area contributed by atoms with Gasteiger partial charge < -0.3 is 10.6 Å². The molecule has 2 rings (SSSR count). The van der Waals surface area contributed by atoms with Crippen LogP contribution in [-0.2, 0) is 22.4 Å². The van der Waals surface area contributed by atoms with E-state index >= 15 is 0 Å². The van der Waals surface area contributed by atoms with E-state index in [-0.39, 0.29) is 18.4 Å². The van der Waals surface area contributed by atoms with Crippen molar-refractivity contribution in [1.82, 2.24) is 10.2 Å². The molecule has 6 nitrogen and oxygen atoms in total. The first-order valence-electron chi connectivity index (χ1n) is 8.41. The number of hydrogen-bond acceptors (Lipinski definition) is 3. The Balaban J connectivity index is 2.15. The number of urea groups is 1. The zero-order valence-corrected chi connectivity index (χ0v) is 14.7. The third-order valence-corrected chi connectivity index (χ3v) is 4.62. The van der Waals surface area contributed by atoms with E-state index in [1.54, 1.807) is 6.92 Å². The number of aryl methyl sites for hydroxylation is 2. The molecule has 6 heteroatoms. The normalized spacial score (nSPS) is 20.2. The van der Waals surface area contributed by atoms with E-state index in [9.17, 15) is 14.4 Å². The number of nitrogens with zero attached hydrogens (tertiary/aromatic N) is 1. The minimum Gasteiger partial charge on any atom is -0.324 e. The van der Waals surface area contributed by atoms with Crippen molar-refractivity contribution in [2.24, 2.45) is 0 Å². The molecule has 0 aromatic heterocycles. The lowest BCUT2D eigenvalue weighted by molar-refractivity contribution is -0.133. The molecule has 0 aliphatic carbocycles. The van der Waals surface area contributed by atoms with E-state index in [2.05, 4.69) is 10.6 Å². The number of imide groups is 1. The van der Waals surface area contributed by atoms with Crippen molar-refractivity contribution >= 4 is 23.5 Å². The van der Waals surface area contributed by atoms with Gasteiger partial charge in [0.05, 0.1) is 0 Å². The summed E-state index contributed by atoms with van der Waals surface area (Å²) in [5.74, 6) is -0.723. The lowest BCUT2D eigenvalue weighted by Crippen LogP contribution is -2.44. The van der Waals surface area contributed by atoms with Crippen molar-refractivity contribution in [1.29, 1.82) is 0 Å². The van der Waals surface area contributed by atoms with Crippen LogP contribution in [-0.4, -0.2) is 34.8 Å². The highest BCUT2D eigenvalue weighted by atomic mass is 16.2. The molecule has 0 radical (unpaired) electrons. The molecule has 1 aromatic rings. The molecule has 1 fully saturated rings. The van der Waals surface area contributed by atoms with Crippen molar-refractivity contribution in [2.75, 3.05) is 11.9 Å². The zero-order chi connectivity index (χ0) is 17.9. The monoisotopic (exact) mass is 331 g/mol. The van der Waals surface area contributed by atoms with Gasteiger partial charge in [0.1, 0.15) is 12.1 Å².